The second kappa shape index (κ2) is 12.4. The molecule has 0 amide bonds. The van der Waals surface area contributed by atoms with Gasteiger partial charge in [0.05, 0.1) is 19.7 Å². The van der Waals surface area contributed by atoms with Gasteiger partial charge in [-0.2, -0.15) is 0 Å². The summed E-state index contributed by atoms with van der Waals surface area (Å²) in [6, 6.07) is 8.73. The van der Waals surface area contributed by atoms with Gasteiger partial charge in [-0.1, -0.05) is 18.6 Å². The molecule has 0 radical (unpaired) electrons. The van der Waals surface area contributed by atoms with Crippen LogP contribution in [0.25, 0.3) is 0 Å². The predicted octanol–water partition coefficient (Wildman–Crippen LogP) is 3.13. The number of rotatable bonds is 7. The van der Waals surface area contributed by atoms with Gasteiger partial charge in [-0.25, -0.2) is 0 Å². The van der Waals surface area contributed by atoms with E-state index in [1.54, 1.807) is 7.11 Å². The summed E-state index contributed by atoms with van der Waals surface area (Å²) >= 11 is 0. The van der Waals surface area contributed by atoms with Crippen molar-refractivity contribution in [1.29, 1.82) is 0 Å². The lowest BCUT2D eigenvalue weighted by Gasteiger charge is -2.29. The highest BCUT2D eigenvalue weighted by molar-refractivity contribution is 14.0. The van der Waals surface area contributed by atoms with Crippen LogP contribution in [0.15, 0.2) is 29.3 Å². The molecule has 0 saturated carbocycles. The van der Waals surface area contributed by atoms with E-state index in [0.717, 1.165) is 56.0 Å². The standard InChI is InChI=1S/C23H35N7O.HI/c1-24-23(26-17-22-28-27-21-8-4-3-5-15-30(21)22)25-16-20(29-13-6-7-14-29)18-9-11-19(31-2)12-10-18;/h9-12,20H,3-8,13-17H2,1-2H3,(H2,24,25,26);1H. The monoisotopic (exact) mass is 553 g/mol. The normalized spacial score (nSPS) is 17.8. The Labute approximate surface area is 208 Å². The SMILES string of the molecule is CN=C(NCc1nnc2n1CCCCC2)NCC(c1ccc(OC)cc1)N1CCCC1.I. The fraction of sp³-hybridized carbons (Fsp3) is 0.609. The molecule has 8 nitrogen and oxygen atoms in total. The highest BCUT2D eigenvalue weighted by atomic mass is 127. The molecule has 0 aliphatic carbocycles. The highest BCUT2D eigenvalue weighted by Gasteiger charge is 2.24. The molecule has 9 heteroatoms. The van der Waals surface area contributed by atoms with Gasteiger partial charge >= 0.3 is 0 Å². The zero-order chi connectivity index (χ0) is 21.5. The topological polar surface area (TPSA) is 79.6 Å². The highest BCUT2D eigenvalue weighted by Crippen LogP contribution is 2.26. The van der Waals surface area contributed by atoms with Gasteiger partial charge in [0.15, 0.2) is 11.8 Å². The average molecular weight is 553 g/mol. The van der Waals surface area contributed by atoms with E-state index in [1.165, 1.54) is 37.7 Å². The van der Waals surface area contributed by atoms with Gasteiger partial charge in [-0.05, 0) is 56.5 Å². The summed E-state index contributed by atoms with van der Waals surface area (Å²) in [7, 11) is 3.52. The van der Waals surface area contributed by atoms with Crippen molar-refractivity contribution in [3.8, 4) is 5.75 Å². The number of aliphatic imine (C=N–C) groups is 1. The van der Waals surface area contributed by atoms with Crippen molar-refractivity contribution < 1.29 is 4.74 Å². The lowest BCUT2D eigenvalue weighted by atomic mass is 10.1. The summed E-state index contributed by atoms with van der Waals surface area (Å²) < 4.78 is 7.61. The molecule has 0 spiro atoms. The molecule has 1 atom stereocenters. The molecule has 2 aliphatic heterocycles. The Morgan fingerprint density at radius 1 is 1.03 bits per heavy atom. The molecule has 3 heterocycles. The van der Waals surface area contributed by atoms with Crippen LogP contribution in [0.5, 0.6) is 5.75 Å². The molecule has 32 heavy (non-hydrogen) atoms. The minimum atomic E-state index is 0. The van der Waals surface area contributed by atoms with Crippen LogP contribution in [0, 0.1) is 0 Å². The Kier molecular flexibility index (Phi) is 9.58. The van der Waals surface area contributed by atoms with Crippen LogP contribution >= 0.6 is 24.0 Å². The van der Waals surface area contributed by atoms with E-state index in [4.69, 9.17) is 4.74 Å². The summed E-state index contributed by atoms with van der Waals surface area (Å²) in [5.74, 6) is 3.79. The lowest BCUT2D eigenvalue weighted by Crippen LogP contribution is -2.42. The van der Waals surface area contributed by atoms with Crippen molar-refractivity contribution in [1.82, 2.24) is 30.3 Å². The molecule has 1 aromatic heterocycles. The zero-order valence-corrected chi connectivity index (χ0v) is 21.5. The number of guanidine groups is 1. The van der Waals surface area contributed by atoms with Crippen LogP contribution in [-0.2, 0) is 19.5 Å². The molecular weight excluding hydrogens is 517 g/mol. The van der Waals surface area contributed by atoms with Gasteiger partial charge in [-0.15, -0.1) is 34.2 Å². The van der Waals surface area contributed by atoms with E-state index in [9.17, 15) is 0 Å². The van der Waals surface area contributed by atoms with Gasteiger partial charge in [0.25, 0.3) is 0 Å². The van der Waals surface area contributed by atoms with Crippen LogP contribution in [0.3, 0.4) is 0 Å². The summed E-state index contributed by atoms with van der Waals surface area (Å²) in [4.78, 5) is 6.99. The first-order valence-electron chi connectivity index (χ1n) is 11.5. The van der Waals surface area contributed by atoms with Gasteiger partial charge < -0.3 is 19.9 Å². The molecule has 2 aliphatic rings. The summed E-state index contributed by atoms with van der Waals surface area (Å²) in [5.41, 5.74) is 1.30. The lowest BCUT2D eigenvalue weighted by molar-refractivity contribution is 0.245. The van der Waals surface area contributed by atoms with E-state index in [2.05, 4.69) is 47.4 Å². The third kappa shape index (κ3) is 6.12. The molecule has 4 rings (SSSR count). The van der Waals surface area contributed by atoms with Crippen LogP contribution in [0.4, 0.5) is 0 Å². The molecule has 1 fully saturated rings. The van der Waals surface area contributed by atoms with Crippen LogP contribution < -0.4 is 15.4 Å². The van der Waals surface area contributed by atoms with Crippen LogP contribution in [0.1, 0.15) is 55.4 Å². The number of methoxy groups -OCH3 is 1. The number of nitrogens with zero attached hydrogens (tertiary/aromatic N) is 5. The first-order chi connectivity index (χ1) is 15.3. The maximum Gasteiger partial charge on any atom is 0.191 e. The second-order valence-corrected chi connectivity index (χ2v) is 8.33. The van der Waals surface area contributed by atoms with E-state index >= 15 is 0 Å². The van der Waals surface area contributed by atoms with Crippen molar-refractivity contribution in [2.24, 2.45) is 4.99 Å². The molecule has 2 aromatic rings. The maximum atomic E-state index is 5.33. The van der Waals surface area contributed by atoms with E-state index in [1.807, 2.05) is 19.2 Å². The van der Waals surface area contributed by atoms with Gasteiger partial charge in [-0.3, -0.25) is 9.89 Å². The van der Waals surface area contributed by atoms with E-state index in [-0.39, 0.29) is 24.0 Å². The van der Waals surface area contributed by atoms with Crippen LogP contribution in [-0.4, -0.2) is 59.4 Å². The van der Waals surface area contributed by atoms with E-state index < -0.39 is 0 Å². The fourth-order valence-electron chi connectivity index (χ4n) is 4.59. The first kappa shape index (κ1) is 24.8. The minimum Gasteiger partial charge on any atom is -0.497 e. The minimum absolute atomic E-state index is 0. The molecule has 2 N–H and O–H groups in total. The smallest absolute Gasteiger partial charge is 0.191 e. The largest absolute Gasteiger partial charge is 0.497 e. The summed E-state index contributed by atoms with van der Waals surface area (Å²) in [5, 5.41) is 15.8. The Hall–Kier alpha value is -1.88. The molecule has 1 saturated heterocycles. The second-order valence-electron chi connectivity index (χ2n) is 8.33. The van der Waals surface area contributed by atoms with Crippen molar-refractivity contribution in [3.63, 3.8) is 0 Å². The quantitative estimate of drug-likeness (QED) is 0.312. The van der Waals surface area contributed by atoms with Gasteiger partial charge in [0.2, 0.25) is 0 Å². The molecule has 0 bridgehead atoms. The zero-order valence-electron chi connectivity index (χ0n) is 19.2. The third-order valence-corrected chi connectivity index (χ3v) is 6.37. The van der Waals surface area contributed by atoms with Gasteiger partial charge in [0, 0.05) is 26.6 Å². The molecule has 1 aromatic carbocycles. The number of ether oxygens (including phenoxy) is 1. The Balaban J connectivity index is 0.00000289. The number of aryl methyl sites for hydroxylation is 1. The number of hydrogen-bond donors (Lipinski definition) is 2. The number of likely N-dealkylation sites (tertiary alicyclic amines) is 1. The first-order valence-corrected chi connectivity index (χ1v) is 11.5. The van der Waals surface area contributed by atoms with Crippen LogP contribution in [0.2, 0.25) is 0 Å². The Morgan fingerprint density at radius 2 is 1.78 bits per heavy atom. The molecule has 1 unspecified atom stereocenters. The predicted molar refractivity (Wildman–Crippen MR) is 138 cm³/mol. The van der Waals surface area contributed by atoms with E-state index in [0.29, 0.717) is 12.6 Å². The van der Waals surface area contributed by atoms with Crippen molar-refractivity contribution in [3.05, 3.63) is 41.5 Å². The Morgan fingerprint density at radius 3 is 2.50 bits per heavy atom. The van der Waals surface area contributed by atoms with Crippen molar-refractivity contribution >= 4 is 29.9 Å². The fourth-order valence-corrected chi connectivity index (χ4v) is 4.59. The number of halogens is 1. The summed E-state index contributed by atoms with van der Waals surface area (Å²) in [6.07, 6.45) is 7.22. The summed E-state index contributed by atoms with van der Waals surface area (Å²) in [6.45, 7) is 4.71. The molecule has 176 valence electrons. The number of benzene rings is 1. The number of hydrogen-bond acceptors (Lipinski definition) is 5. The maximum absolute atomic E-state index is 5.33. The van der Waals surface area contributed by atoms with Gasteiger partial charge in [0.1, 0.15) is 11.6 Å². The van der Waals surface area contributed by atoms with Crippen molar-refractivity contribution in [2.45, 2.75) is 57.7 Å². The number of aromatic nitrogens is 3. The number of fused-ring (bicyclic) bond motifs is 1. The number of nitrogens with one attached hydrogen (secondary N) is 2. The average Bonchev–Trinajstić information content (AvgIpc) is 3.41. The molecular formula is C23H36IN7O. The Bertz CT molecular complexity index is 862. The van der Waals surface area contributed by atoms with Crippen molar-refractivity contribution in [2.75, 3.05) is 33.8 Å². The third-order valence-electron chi connectivity index (χ3n) is 6.37.